The van der Waals surface area contributed by atoms with Crippen LogP contribution in [0.4, 0.5) is 5.13 Å². The summed E-state index contributed by atoms with van der Waals surface area (Å²) in [5.74, 6) is 0.485. The first-order chi connectivity index (χ1) is 17.2. The van der Waals surface area contributed by atoms with Gasteiger partial charge in [0.25, 0.3) is 5.91 Å². The number of thiazole rings is 1. The second-order valence-electron chi connectivity index (χ2n) is 7.99. The van der Waals surface area contributed by atoms with E-state index in [2.05, 4.69) is 32.7 Å². The molecule has 7 heteroatoms. The molecule has 0 atom stereocenters. The molecule has 0 saturated heterocycles. The van der Waals surface area contributed by atoms with E-state index >= 15 is 0 Å². The van der Waals surface area contributed by atoms with Crippen molar-refractivity contribution in [3.63, 3.8) is 0 Å². The fourth-order valence-corrected chi connectivity index (χ4v) is 4.86. The quantitative estimate of drug-likeness (QED) is 0.289. The predicted octanol–water partition coefficient (Wildman–Crippen LogP) is 5.91. The average Bonchev–Trinajstić information content (AvgIpc) is 3.33. The number of benzene rings is 3. The zero-order valence-electron chi connectivity index (χ0n) is 19.2. The topological polar surface area (TPSA) is 76.1 Å². The Morgan fingerprint density at radius 3 is 2.46 bits per heavy atom. The van der Waals surface area contributed by atoms with Crippen molar-refractivity contribution in [1.29, 1.82) is 0 Å². The molecule has 2 aromatic heterocycles. The first-order valence-electron chi connectivity index (χ1n) is 11.2. The molecule has 0 unspecified atom stereocenters. The average molecular weight is 481 g/mol. The minimum atomic E-state index is -0.195. The summed E-state index contributed by atoms with van der Waals surface area (Å²) in [7, 11) is 1.63. The summed E-state index contributed by atoms with van der Waals surface area (Å²) < 4.78 is 6.49. The van der Waals surface area contributed by atoms with Crippen molar-refractivity contribution in [2.24, 2.45) is 0 Å². The number of hydrogen-bond donors (Lipinski definition) is 2. The second kappa shape index (κ2) is 10.5. The molecule has 0 radical (unpaired) electrons. The van der Waals surface area contributed by atoms with Gasteiger partial charge in [0.2, 0.25) is 0 Å². The maximum absolute atomic E-state index is 12.9. The molecule has 1 amide bonds. The first kappa shape index (κ1) is 22.7. The molecule has 5 aromatic rings. The van der Waals surface area contributed by atoms with Gasteiger partial charge in [0.05, 0.1) is 11.8 Å². The van der Waals surface area contributed by atoms with Crippen LogP contribution in [0.15, 0.2) is 91.3 Å². The van der Waals surface area contributed by atoms with Crippen molar-refractivity contribution in [3.8, 4) is 16.9 Å². The number of nitrogens with zero attached hydrogens (tertiary/aromatic N) is 2. The molecule has 2 N–H and O–H groups in total. The third kappa shape index (κ3) is 5.21. The van der Waals surface area contributed by atoms with Gasteiger partial charge < -0.3 is 10.1 Å². The van der Waals surface area contributed by atoms with Crippen LogP contribution in [0.3, 0.4) is 0 Å². The lowest BCUT2D eigenvalue weighted by atomic mass is 10.1. The summed E-state index contributed by atoms with van der Waals surface area (Å²) in [6.45, 7) is 1.44. The summed E-state index contributed by atoms with van der Waals surface area (Å²) in [4.78, 5) is 21.7. The van der Waals surface area contributed by atoms with E-state index in [1.165, 1.54) is 11.3 Å². The number of amides is 1. The number of fused-ring (bicyclic) bond motifs is 1. The van der Waals surface area contributed by atoms with Crippen LogP contribution in [-0.2, 0) is 13.1 Å². The highest BCUT2D eigenvalue weighted by atomic mass is 32.1. The lowest BCUT2D eigenvalue weighted by Gasteiger charge is -2.06. The number of aromatic nitrogens is 2. The normalized spacial score (nSPS) is 10.9. The molecule has 0 saturated carbocycles. The maximum atomic E-state index is 12.9. The van der Waals surface area contributed by atoms with Crippen molar-refractivity contribution in [2.75, 3.05) is 12.4 Å². The molecule has 0 fully saturated rings. The largest absolute Gasteiger partial charge is 0.494 e. The van der Waals surface area contributed by atoms with Crippen molar-refractivity contribution in [2.45, 2.75) is 13.1 Å². The van der Waals surface area contributed by atoms with Crippen molar-refractivity contribution >= 4 is 32.6 Å². The summed E-state index contributed by atoms with van der Waals surface area (Å²) in [6.07, 6.45) is 3.61. The fourth-order valence-electron chi connectivity index (χ4n) is 3.84. The van der Waals surface area contributed by atoms with Gasteiger partial charge in [-0.1, -0.05) is 59.9 Å². The molecule has 0 aliphatic carbocycles. The number of anilines is 1. The number of ether oxygens (including phenoxy) is 1. The number of carbonyl (C=O) groups is 1. The number of nitrogens with one attached hydrogen (secondary N) is 2. The highest BCUT2D eigenvalue weighted by Crippen LogP contribution is 2.39. The summed E-state index contributed by atoms with van der Waals surface area (Å²) in [5, 5.41) is 6.88. The van der Waals surface area contributed by atoms with Crippen LogP contribution in [0.1, 0.15) is 21.5 Å². The minimum absolute atomic E-state index is 0.195. The van der Waals surface area contributed by atoms with Crippen LogP contribution in [0.5, 0.6) is 5.75 Å². The van der Waals surface area contributed by atoms with Gasteiger partial charge in [-0.25, -0.2) is 4.98 Å². The van der Waals surface area contributed by atoms with E-state index in [-0.39, 0.29) is 5.91 Å². The molecule has 6 nitrogen and oxygen atoms in total. The molecule has 2 heterocycles. The van der Waals surface area contributed by atoms with E-state index in [0.29, 0.717) is 23.0 Å². The van der Waals surface area contributed by atoms with Gasteiger partial charge in [0.15, 0.2) is 5.13 Å². The van der Waals surface area contributed by atoms with Gasteiger partial charge in [0.1, 0.15) is 11.3 Å². The van der Waals surface area contributed by atoms with Crippen molar-refractivity contribution in [1.82, 2.24) is 15.3 Å². The maximum Gasteiger partial charge on any atom is 0.257 e. The molecule has 0 bridgehead atoms. The van der Waals surface area contributed by atoms with Gasteiger partial charge in [-0.2, -0.15) is 0 Å². The third-order valence-corrected chi connectivity index (χ3v) is 6.63. The molecule has 0 spiro atoms. The molecule has 5 rings (SSSR count). The standard InChI is InChI=1S/C28H24N4O2S/c1-34-24-14-13-23(21-7-3-2-4-8-21)26-25(24)31-28(35-26)32-27(33)22-11-9-19(10-12-22)16-30-18-20-6-5-15-29-17-20/h2-15,17,30H,16,18H2,1H3,(H,31,32,33). The molecule has 35 heavy (non-hydrogen) atoms. The Bertz CT molecular complexity index is 1440. The zero-order valence-corrected chi connectivity index (χ0v) is 20.0. The lowest BCUT2D eigenvalue weighted by Crippen LogP contribution is -2.14. The molecular formula is C28H24N4O2S. The molecule has 174 valence electrons. The Labute approximate surface area is 207 Å². The SMILES string of the molecule is COc1ccc(-c2ccccc2)c2sc(NC(=O)c3ccc(CNCc4cccnc4)cc3)nc12. The number of pyridine rings is 1. The van der Waals surface area contributed by atoms with Gasteiger partial charge in [-0.3, -0.25) is 15.1 Å². The van der Waals surface area contributed by atoms with Crippen LogP contribution in [0.2, 0.25) is 0 Å². The Morgan fingerprint density at radius 2 is 1.71 bits per heavy atom. The van der Waals surface area contributed by atoms with Crippen LogP contribution >= 0.6 is 11.3 Å². The number of hydrogen-bond acceptors (Lipinski definition) is 6. The summed E-state index contributed by atoms with van der Waals surface area (Å²) >= 11 is 1.45. The number of carbonyl (C=O) groups excluding carboxylic acids is 1. The molecular weight excluding hydrogens is 456 g/mol. The second-order valence-corrected chi connectivity index (χ2v) is 8.99. The number of methoxy groups -OCH3 is 1. The number of rotatable bonds is 8. The third-order valence-electron chi connectivity index (χ3n) is 5.63. The Kier molecular flexibility index (Phi) is 6.79. The van der Waals surface area contributed by atoms with E-state index in [1.807, 2.05) is 72.9 Å². The Balaban J connectivity index is 1.29. The van der Waals surface area contributed by atoms with Crippen LogP contribution < -0.4 is 15.4 Å². The van der Waals surface area contributed by atoms with E-state index in [4.69, 9.17) is 4.74 Å². The Morgan fingerprint density at radius 1 is 0.914 bits per heavy atom. The van der Waals surface area contributed by atoms with Crippen LogP contribution in [0.25, 0.3) is 21.3 Å². The summed E-state index contributed by atoms with van der Waals surface area (Å²) in [5.41, 5.74) is 5.70. The molecule has 0 aliphatic rings. The van der Waals surface area contributed by atoms with Gasteiger partial charge in [-0.05, 0) is 47.0 Å². The highest BCUT2D eigenvalue weighted by Gasteiger charge is 2.16. The smallest absolute Gasteiger partial charge is 0.257 e. The summed E-state index contributed by atoms with van der Waals surface area (Å²) in [6, 6.07) is 25.6. The van der Waals surface area contributed by atoms with Crippen molar-refractivity contribution in [3.05, 3.63) is 108 Å². The van der Waals surface area contributed by atoms with Crippen molar-refractivity contribution < 1.29 is 9.53 Å². The van der Waals surface area contributed by atoms with E-state index in [0.717, 1.165) is 39.0 Å². The van der Waals surface area contributed by atoms with Gasteiger partial charge in [0, 0.05) is 36.6 Å². The van der Waals surface area contributed by atoms with E-state index in [1.54, 1.807) is 13.3 Å². The Hall–Kier alpha value is -4.07. The highest BCUT2D eigenvalue weighted by molar-refractivity contribution is 7.23. The monoisotopic (exact) mass is 480 g/mol. The first-order valence-corrected chi connectivity index (χ1v) is 12.1. The zero-order chi connectivity index (χ0) is 24.0. The van der Waals surface area contributed by atoms with Crippen LogP contribution in [-0.4, -0.2) is 23.0 Å². The van der Waals surface area contributed by atoms with E-state index in [9.17, 15) is 4.79 Å². The van der Waals surface area contributed by atoms with Gasteiger partial charge >= 0.3 is 0 Å². The lowest BCUT2D eigenvalue weighted by molar-refractivity contribution is 0.102. The molecule has 0 aliphatic heterocycles. The minimum Gasteiger partial charge on any atom is -0.494 e. The molecule has 3 aromatic carbocycles. The van der Waals surface area contributed by atoms with E-state index < -0.39 is 0 Å². The van der Waals surface area contributed by atoms with Gasteiger partial charge in [-0.15, -0.1) is 0 Å². The predicted molar refractivity (Wildman–Crippen MR) is 141 cm³/mol. The van der Waals surface area contributed by atoms with Crippen LogP contribution in [0, 0.1) is 0 Å². The fraction of sp³-hybridized carbons (Fsp3) is 0.107.